The predicted molar refractivity (Wildman–Crippen MR) is 112 cm³/mol. The van der Waals surface area contributed by atoms with Gasteiger partial charge in [-0.25, -0.2) is 9.37 Å². The molecule has 0 aliphatic carbocycles. The lowest BCUT2D eigenvalue weighted by molar-refractivity contribution is 0.102. The maximum absolute atomic E-state index is 14.6. The Morgan fingerprint density at radius 1 is 1.27 bits per heavy atom. The lowest BCUT2D eigenvalue weighted by atomic mass is 10.2. The van der Waals surface area contributed by atoms with Crippen LogP contribution < -0.4 is 10.2 Å². The van der Waals surface area contributed by atoms with Crippen molar-refractivity contribution in [3.05, 3.63) is 65.4 Å². The molecular formula is C21H21FN4O3S. The molecule has 1 aromatic carbocycles. The summed E-state index contributed by atoms with van der Waals surface area (Å²) < 4.78 is 25.0. The van der Waals surface area contributed by atoms with E-state index in [4.69, 9.17) is 9.26 Å². The fourth-order valence-corrected chi connectivity index (χ4v) is 4.02. The van der Waals surface area contributed by atoms with E-state index in [1.165, 1.54) is 17.8 Å². The summed E-state index contributed by atoms with van der Waals surface area (Å²) in [6, 6.07) is 9.95. The van der Waals surface area contributed by atoms with Gasteiger partial charge in [0.1, 0.15) is 16.6 Å². The van der Waals surface area contributed by atoms with E-state index in [0.717, 1.165) is 11.5 Å². The van der Waals surface area contributed by atoms with Crippen LogP contribution >= 0.6 is 11.8 Å². The van der Waals surface area contributed by atoms with Crippen LogP contribution in [-0.2, 0) is 10.5 Å². The van der Waals surface area contributed by atoms with Crippen molar-refractivity contribution >= 4 is 29.0 Å². The molecule has 1 aliphatic heterocycles. The molecule has 0 atom stereocenters. The molecule has 0 spiro atoms. The fraction of sp³-hybridized carbons (Fsp3) is 0.286. The van der Waals surface area contributed by atoms with Crippen molar-refractivity contribution in [1.82, 2.24) is 10.1 Å². The second kappa shape index (κ2) is 9.27. The number of aromatic nitrogens is 2. The smallest absolute Gasteiger partial charge is 0.258 e. The molecule has 0 unspecified atom stereocenters. The van der Waals surface area contributed by atoms with E-state index in [2.05, 4.69) is 15.5 Å². The first-order valence-corrected chi connectivity index (χ1v) is 10.5. The van der Waals surface area contributed by atoms with Gasteiger partial charge < -0.3 is 19.5 Å². The molecule has 30 heavy (non-hydrogen) atoms. The summed E-state index contributed by atoms with van der Waals surface area (Å²) in [5, 5.41) is 7.28. The van der Waals surface area contributed by atoms with Crippen LogP contribution in [0, 0.1) is 12.7 Å². The van der Waals surface area contributed by atoms with Crippen molar-refractivity contribution in [1.29, 1.82) is 0 Å². The topological polar surface area (TPSA) is 80.5 Å². The van der Waals surface area contributed by atoms with Crippen molar-refractivity contribution in [2.24, 2.45) is 0 Å². The van der Waals surface area contributed by atoms with E-state index in [1.54, 1.807) is 30.5 Å². The number of anilines is 2. The van der Waals surface area contributed by atoms with Gasteiger partial charge in [0.05, 0.1) is 30.2 Å². The number of pyridine rings is 1. The van der Waals surface area contributed by atoms with Gasteiger partial charge in [-0.3, -0.25) is 4.79 Å². The number of aryl methyl sites for hydroxylation is 1. The lowest BCUT2D eigenvalue weighted by Crippen LogP contribution is -2.36. The maximum atomic E-state index is 14.6. The van der Waals surface area contributed by atoms with Gasteiger partial charge in [-0.15, -0.1) is 0 Å². The van der Waals surface area contributed by atoms with Gasteiger partial charge in [-0.1, -0.05) is 16.9 Å². The van der Waals surface area contributed by atoms with E-state index < -0.39 is 0 Å². The normalized spacial score (nSPS) is 14.0. The van der Waals surface area contributed by atoms with E-state index in [-0.39, 0.29) is 11.7 Å². The third-order valence-corrected chi connectivity index (χ3v) is 5.65. The summed E-state index contributed by atoms with van der Waals surface area (Å²) in [6.07, 6.45) is 1.63. The summed E-state index contributed by atoms with van der Waals surface area (Å²) in [5.74, 6) is 0.529. The first-order valence-electron chi connectivity index (χ1n) is 9.54. The van der Waals surface area contributed by atoms with E-state index in [0.29, 0.717) is 54.0 Å². The molecule has 1 N–H and O–H groups in total. The van der Waals surface area contributed by atoms with Crippen LogP contribution in [0.5, 0.6) is 0 Å². The SMILES string of the molecule is Cc1cc(CSc2ncccc2C(=O)Nc2ccc(N3CCOCC3)c(F)c2)no1. The Bertz CT molecular complexity index is 1040. The predicted octanol–water partition coefficient (Wildman–Crippen LogP) is 3.90. The number of morpholine rings is 1. The minimum absolute atomic E-state index is 0.347. The molecule has 0 saturated carbocycles. The average Bonchev–Trinajstić information content (AvgIpc) is 3.18. The summed E-state index contributed by atoms with van der Waals surface area (Å²) in [5.41, 5.74) is 2.09. The molecule has 1 fully saturated rings. The summed E-state index contributed by atoms with van der Waals surface area (Å²) >= 11 is 1.39. The van der Waals surface area contributed by atoms with Crippen LogP contribution in [0.2, 0.25) is 0 Å². The van der Waals surface area contributed by atoms with Gasteiger partial charge in [-0.2, -0.15) is 0 Å². The quantitative estimate of drug-likeness (QED) is 0.597. The van der Waals surface area contributed by atoms with Crippen molar-refractivity contribution in [2.75, 3.05) is 36.5 Å². The van der Waals surface area contributed by atoms with Crippen molar-refractivity contribution in [2.45, 2.75) is 17.7 Å². The Morgan fingerprint density at radius 2 is 2.10 bits per heavy atom. The number of nitrogens with zero attached hydrogens (tertiary/aromatic N) is 3. The Kier molecular flexibility index (Phi) is 6.29. The first kappa shape index (κ1) is 20.4. The number of amides is 1. The van der Waals surface area contributed by atoms with Crippen LogP contribution in [0.4, 0.5) is 15.8 Å². The van der Waals surface area contributed by atoms with Crippen LogP contribution in [0.1, 0.15) is 21.8 Å². The average molecular weight is 428 g/mol. The summed E-state index contributed by atoms with van der Waals surface area (Å²) in [6.45, 7) is 4.26. The van der Waals surface area contributed by atoms with Gasteiger partial charge in [0.25, 0.3) is 5.91 Å². The number of rotatable bonds is 6. The second-order valence-corrected chi connectivity index (χ2v) is 7.76. The number of hydrogen-bond donors (Lipinski definition) is 1. The zero-order valence-corrected chi connectivity index (χ0v) is 17.2. The molecule has 0 bridgehead atoms. The second-order valence-electron chi connectivity index (χ2n) is 6.79. The number of hydrogen-bond acceptors (Lipinski definition) is 7. The summed E-state index contributed by atoms with van der Waals surface area (Å²) in [4.78, 5) is 19.0. The monoisotopic (exact) mass is 428 g/mol. The number of benzene rings is 1. The van der Waals surface area contributed by atoms with Crippen molar-refractivity contribution in [3.63, 3.8) is 0 Å². The van der Waals surface area contributed by atoms with Gasteiger partial charge >= 0.3 is 0 Å². The molecule has 0 radical (unpaired) electrons. The summed E-state index contributed by atoms with van der Waals surface area (Å²) in [7, 11) is 0. The number of ether oxygens (including phenoxy) is 1. The van der Waals surface area contributed by atoms with E-state index >= 15 is 0 Å². The number of thioether (sulfide) groups is 1. The molecule has 3 aromatic rings. The first-order chi connectivity index (χ1) is 14.6. The number of carbonyl (C=O) groups excluding carboxylic acids is 1. The molecule has 1 saturated heterocycles. The number of nitrogens with one attached hydrogen (secondary N) is 1. The van der Waals surface area contributed by atoms with Crippen LogP contribution in [0.15, 0.2) is 52.1 Å². The fourth-order valence-electron chi connectivity index (χ4n) is 3.15. The van der Waals surface area contributed by atoms with E-state index in [1.807, 2.05) is 17.9 Å². The highest BCUT2D eigenvalue weighted by Crippen LogP contribution is 2.27. The number of carbonyl (C=O) groups is 1. The van der Waals surface area contributed by atoms with Gasteiger partial charge in [0, 0.05) is 36.8 Å². The molecule has 9 heteroatoms. The lowest BCUT2D eigenvalue weighted by Gasteiger charge is -2.29. The molecule has 156 valence electrons. The van der Waals surface area contributed by atoms with Crippen molar-refractivity contribution < 1.29 is 18.4 Å². The number of halogens is 1. The van der Waals surface area contributed by atoms with Crippen LogP contribution in [-0.4, -0.2) is 42.4 Å². The third-order valence-electron chi connectivity index (χ3n) is 4.61. The van der Waals surface area contributed by atoms with E-state index in [9.17, 15) is 9.18 Å². The molecular weight excluding hydrogens is 407 g/mol. The Balaban J connectivity index is 1.45. The standard InChI is InChI=1S/C21H21FN4O3S/c1-14-11-16(25-29-14)13-30-21-17(3-2-6-23-21)20(27)24-15-4-5-19(18(22)12-15)26-7-9-28-10-8-26/h2-6,11-12H,7-10,13H2,1H3,(H,24,27). The molecule has 1 amide bonds. The van der Waals surface area contributed by atoms with Crippen molar-refractivity contribution in [3.8, 4) is 0 Å². The van der Waals surface area contributed by atoms with Gasteiger partial charge in [0.2, 0.25) is 0 Å². The minimum Gasteiger partial charge on any atom is -0.378 e. The highest BCUT2D eigenvalue weighted by Gasteiger charge is 2.17. The van der Waals surface area contributed by atoms with Crippen LogP contribution in [0.25, 0.3) is 0 Å². The molecule has 4 rings (SSSR count). The Morgan fingerprint density at radius 3 is 2.83 bits per heavy atom. The molecule has 3 heterocycles. The highest BCUT2D eigenvalue weighted by atomic mass is 32.2. The third kappa shape index (κ3) is 4.80. The molecule has 7 nitrogen and oxygen atoms in total. The molecule has 1 aliphatic rings. The maximum Gasteiger partial charge on any atom is 0.258 e. The Labute approximate surface area is 177 Å². The Hall–Kier alpha value is -2.91. The highest BCUT2D eigenvalue weighted by molar-refractivity contribution is 7.98. The minimum atomic E-state index is -0.378. The largest absolute Gasteiger partial charge is 0.378 e. The zero-order chi connectivity index (χ0) is 20.9. The van der Waals surface area contributed by atoms with Crippen LogP contribution in [0.3, 0.4) is 0 Å². The zero-order valence-electron chi connectivity index (χ0n) is 16.4. The van der Waals surface area contributed by atoms with Gasteiger partial charge in [-0.05, 0) is 37.3 Å². The van der Waals surface area contributed by atoms with Gasteiger partial charge in [0.15, 0.2) is 0 Å². The molecule has 2 aromatic heterocycles.